The third kappa shape index (κ3) is 4.58. The highest BCUT2D eigenvalue weighted by Crippen LogP contribution is 2.36. The molecular formula is C24H23NO3S. The summed E-state index contributed by atoms with van der Waals surface area (Å²) in [5, 5.41) is 9.94. The summed E-state index contributed by atoms with van der Waals surface area (Å²) >= 11 is 0. The molecule has 29 heavy (non-hydrogen) atoms. The number of benzene rings is 3. The molecule has 0 saturated heterocycles. The summed E-state index contributed by atoms with van der Waals surface area (Å²) < 4.78 is 25.1. The zero-order valence-electron chi connectivity index (χ0n) is 16.2. The number of aromatic hydroxyl groups is 1. The Kier molecular flexibility index (Phi) is 5.26. The minimum atomic E-state index is -3.21. The molecule has 0 aliphatic heterocycles. The van der Waals surface area contributed by atoms with Crippen LogP contribution in [0.25, 0.3) is 11.6 Å². The van der Waals surface area contributed by atoms with Gasteiger partial charge in [-0.05, 0) is 70.0 Å². The standard InChI is InChI=1S/C24H23NO3S/c1-29(27,28)25-16-18-8-6-17(7-9-18)14-24-22-5-3-2-4-19(22)10-11-20-15-21(26)12-13-23(20)24/h2-9,12-15,25-26H,10-11,16H2,1H3/b24-14-. The SMILES string of the molecule is CS(=O)(=O)NCc1ccc(/C=C2/c3ccccc3CCc3cc(O)ccc32)cc1. The summed E-state index contributed by atoms with van der Waals surface area (Å²) in [4.78, 5) is 0. The molecule has 0 heterocycles. The number of rotatable bonds is 4. The van der Waals surface area contributed by atoms with Gasteiger partial charge in [0.05, 0.1) is 6.26 Å². The van der Waals surface area contributed by atoms with Crippen LogP contribution in [0.2, 0.25) is 0 Å². The molecule has 4 nitrogen and oxygen atoms in total. The van der Waals surface area contributed by atoms with Crippen LogP contribution in [-0.4, -0.2) is 19.8 Å². The van der Waals surface area contributed by atoms with Gasteiger partial charge >= 0.3 is 0 Å². The molecule has 5 heteroatoms. The predicted molar refractivity (Wildman–Crippen MR) is 117 cm³/mol. The lowest BCUT2D eigenvalue weighted by atomic mass is 9.92. The Labute approximate surface area is 171 Å². The van der Waals surface area contributed by atoms with Gasteiger partial charge in [-0.25, -0.2) is 13.1 Å². The Morgan fingerprint density at radius 3 is 2.38 bits per heavy atom. The number of sulfonamides is 1. The number of phenolic OH excluding ortho intramolecular Hbond substituents is 1. The van der Waals surface area contributed by atoms with Crippen LogP contribution < -0.4 is 4.72 Å². The van der Waals surface area contributed by atoms with Crippen molar-refractivity contribution in [2.45, 2.75) is 19.4 Å². The molecular weight excluding hydrogens is 382 g/mol. The van der Waals surface area contributed by atoms with E-state index < -0.39 is 10.0 Å². The largest absolute Gasteiger partial charge is 0.508 e. The third-order valence-corrected chi connectivity index (χ3v) is 5.85. The van der Waals surface area contributed by atoms with Crippen LogP contribution in [0.5, 0.6) is 5.75 Å². The van der Waals surface area contributed by atoms with Gasteiger partial charge in [0, 0.05) is 6.54 Å². The van der Waals surface area contributed by atoms with Crippen LogP contribution in [0, 0.1) is 0 Å². The second-order valence-corrected chi connectivity index (χ2v) is 9.22. The van der Waals surface area contributed by atoms with E-state index in [1.165, 1.54) is 11.1 Å². The first-order valence-electron chi connectivity index (χ1n) is 9.55. The zero-order chi connectivity index (χ0) is 20.4. The van der Waals surface area contributed by atoms with Gasteiger partial charge in [-0.1, -0.05) is 54.6 Å². The molecule has 3 aromatic rings. The summed E-state index contributed by atoms with van der Waals surface area (Å²) in [6, 6.07) is 21.9. The fraction of sp³-hybridized carbons (Fsp3) is 0.167. The van der Waals surface area contributed by atoms with Crippen molar-refractivity contribution in [1.82, 2.24) is 4.72 Å². The summed E-state index contributed by atoms with van der Waals surface area (Å²) in [6.07, 6.45) is 5.13. The van der Waals surface area contributed by atoms with Crippen LogP contribution in [0.15, 0.2) is 66.7 Å². The fourth-order valence-corrected chi connectivity index (χ4v) is 4.16. The van der Waals surface area contributed by atoms with Gasteiger partial charge in [0.25, 0.3) is 0 Å². The van der Waals surface area contributed by atoms with Crippen molar-refractivity contribution in [3.8, 4) is 5.75 Å². The maximum absolute atomic E-state index is 11.3. The van der Waals surface area contributed by atoms with Gasteiger partial charge in [0.1, 0.15) is 5.75 Å². The van der Waals surface area contributed by atoms with E-state index in [9.17, 15) is 13.5 Å². The van der Waals surface area contributed by atoms with E-state index in [1.807, 2.05) is 36.4 Å². The van der Waals surface area contributed by atoms with E-state index in [2.05, 4.69) is 35.1 Å². The zero-order valence-corrected chi connectivity index (χ0v) is 17.0. The fourth-order valence-electron chi connectivity index (χ4n) is 3.73. The molecule has 0 amide bonds. The average molecular weight is 406 g/mol. The molecule has 0 spiro atoms. The monoisotopic (exact) mass is 405 g/mol. The summed E-state index contributed by atoms with van der Waals surface area (Å²) in [6.45, 7) is 0.278. The first-order chi connectivity index (χ1) is 13.9. The number of fused-ring (bicyclic) bond motifs is 2. The number of hydrogen-bond acceptors (Lipinski definition) is 3. The van der Waals surface area contributed by atoms with Gasteiger partial charge in [-0.2, -0.15) is 0 Å². The van der Waals surface area contributed by atoms with Gasteiger partial charge in [-0.15, -0.1) is 0 Å². The smallest absolute Gasteiger partial charge is 0.209 e. The summed E-state index contributed by atoms with van der Waals surface area (Å²) in [5.41, 5.74) is 7.86. The molecule has 0 unspecified atom stereocenters. The molecule has 2 N–H and O–H groups in total. The Balaban J connectivity index is 1.74. The van der Waals surface area contributed by atoms with Crippen molar-refractivity contribution in [3.05, 3.63) is 100 Å². The van der Waals surface area contributed by atoms with Crippen molar-refractivity contribution in [2.75, 3.05) is 6.26 Å². The molecule has 0 fully saturated rings. The van der Waals surface area contributed by atoms with Gasteiger partial charge in [-0.3, -0.25) is 0 Å². The Morgan fingerprint density at radius 2 is 1.62 bits per heavy atom. The first kappa shape index (κ1) is 19.4. The number of hydrogen-bond donors (Lipinski definition) is 2. The van der Waals surface area contributed by atoms with Crippen LogP contribution in [-0.2, 0) is 29.4 Å². The molecule has 0 bridgehead atoms. The lowest BCUT2D eigenvalue weighted by molar-refractivity contribution is 0.474. The van der Waals surface area contributed by atoms with E-state index in [4.69, 9.17) is 0 Å². The maximum atomic E-state index is 11.3. The number of phenols is 1. The third-order valence-electron chi connectivity index (χ3n) is 5.18. The quantitative estimate of drug-likeness (QED) is 0.686. The molecule has 1 aliphatic carbocycles. The molecule has 4 rings (SSSR count). The van der Waals surface area contributed by atoms with Crippen molar-refractivity contribution in [1.29, 1.82) is 0 Å². The van der Waals surface area contributed by atoms with Crippen molar-refractivity contribution in [3.63, 3.8) is 0 Å². The lowest BCUT2D eigenvalue weighted by Crippen LogP contribution is -2.21. The van der Waals surface area contributed by atoms with Gasteiger partial charge in [0.15, 0.2) is 0 Å². The van der Waals surface area contributed by atoms with Crippen LogP contribution in [0.3, 0.4) is 0 Å². The molecule has 148 valence electrons. The highest BCUT2D eigenvalue weighted by atomic mass is 32.2. The van der Waals surface area contributed by atoms with Gasteiger partial charge in [0.2, 0.25) is 10.0 Å². The Bertz CT molecular complexity index is 1180. The Morgan fingerprint density at radius 1 is 0.931 bits per heavy atom. The lowest BCUT2D eigenvalue weighted by Gasteiger charge is -2.13. The average Bonchev–Trinajstić information content (AvgIpc) is 2.84. The van der Waals surface area contributed by atoms with Crippen molar-refractivity contribution < 1.29 is 13.5 Å². The van der Waals surface area contributed by atoms with E-state index >= 15 is 0 Å². The van der Waals surface area contributed by atoms with E-state index in [1.54, 1.807) is 6.07 Å². The molecule has 0 saturated carbocycles. The normalized spacial score (nSPS) is 14.9. The van der Waals surface area contributed by atoms with Crippen molar-refractivity contribution >= 4 is 21.7 Å². The van der Waals surface area contributed by atoms with E-state index in [-0.39, 0.29) is 12.3 Å². The van der Waals surface area contributed by atoms with E-state index in [0.29, 0.717) is 0 Å². The summed E-state index contributed by atoms with van der Waals surface area (Å²) in [7, 11) is -3.21. The highest BCUT2D eigenvalue weighted by Gasteiger charge is 2.18. The number of nitrogens with one attached hydrogen (secondary N) is 1. The Hall–Kier alpha value is -2.89. The van der Waals surface area contributed by atoms with Crippen LogP contribution in [0.1, 0.15) is 33.4 Å². The van der Waals surface area contributed by atoms with Crippen LogP contribution in [0.4, 0.5) is 0 Å². The predicted octanol–water partition coefficient (Wildman–Crippen LogP) is 4.13. The summed E-state index contributed by atoms with van der Waals surface area (Å²) in [5.74, 6) is 0.289. The van der Waals surface area contributed by atoms with E-state index in [0.717, 1.165) is 46.9 Å². The first-order valence-corrected chi connectivity index (χ1v) is 11.4. The molecule has 3 aromatic carbocycles. The molecule has 0 atom stereocenters. The minimum absolute atomic E-state index is 0.278. The second kappa shape index (κ2) is 7.85. The molecule has 0 radical (unpaired) electrons. The molecule has 1 aliphatic rings. The maximum Gasteiger partial charge on any atom is 0.209 e. The van der Waals surface area contributed by atoms with Gasteiger partial charge < -0.3 is 5.11 Å². The van der Waals surface area contributed by atoms with Crippen molar-refractivity contribution in [2.24, 2.45) is 0 Å². The topological polar surface area (TPSA) is 66.4 Å². The molecule has 0 aromatic heterocycles. The second-order valence-electron chi connectivity index (χ2n) is 7.39. The minimum Gasteiger partial charge on any atom is -0.508 e. The van der Waals surface area contributed by atoms with Crippen LogP contribution >= 0.6 is 0 Å². The number of aryl methyl sites for hydroxylation is 2. The highest BCUT2D eigenvalue weighted by molar-refractivity contribution is 7.88.